The van der Waals surface area contributed by atoms with Crippen molar-refractivity contribution in [2.24, 2.45) is 0 Å². The van der Waals surface area contributed by atoms with E-state index in [9.17, 15) is 4.79 Å². The van der Waals surface area contributed by atoms with Gasteiger partial charge in [-0.1, -0.05) is 28.1 Å². The Morgan fingerprint density at radius 3 is 2.63 bits per heavy atom. The molecule has 2 rings (SSSR count). The minimum absolute atomic E-state index is 0.0714. The van der Waals surface area contributed by atoms with Crippen LogP contribution in [0.3, 0.4) is 0 Å². The molecule has 4 nitrogen and oxygen atoms in total. The Hall–Kier alpha value is -1.88. The van der Waals surface area contributed by atoms with E-state index < -0.39 is 5.97 Å². The number of pyridine rings is 1. The summed E-state index contributed by atoms with van der Waals surface area (Å²) in [5.41, 5.74) is 1.78. The second-order valence-corrected chi connectivity index (χ2v) is 5.07. The molecule has 0 aliphatic carbocycles. The molecule has 0 spiro atoms. The zero-order chi connectivity index (χ0) is 13.8. The summed E-state index contributed by atoms with van der Waals surface area (Å²) in [5.74, 6) is -1.02. The number of anilines is 1. The first-order valence-electron chi connectivity index (χ1n) is 5.72. The van der Waals surface area contributed by atoms with Crippen LogP contribution < -0.4 is 4.90 Å². The average Bonchev–Trinajstić information content (AvgIpc) is 2.41. The molecule has 0 aliphatic heterocycles. The third-order valence-corrected chi connectivity index (χ3v) is 3.26. The molecule has 1 N–H and O–H groups in total. The Labute approximate surface area is 119 Å². The highest BCUT2D eigenvalue weighted by Gasteiger charge is 2.14. The first kappa shape index (κ1) is 13.5. The van der Waals surface area contributed by atoms with Crippen molar-refractivity contribution < 1.29 is 9.90 Å². The molecule has 0 bridgehead atoms. The predicted molar refractivity (Wildman–Crippen MR) is 77.4 cm³/mol. The second-order valence-electron chi connectivity index (χ2n) is 4.16. The standard InChI is InChI=1S/C14H13BrN2O2/c1-17(9-10-4-6-11(15)7-5-10)12-3-2-8-16-13(12)14(18)19/h2-8H,9H2,1H3,(H,18,19). The lowest BCUT2D eigenvalue weighted by Gasteiger charge is -2.20. The molecule has 1 heterocycles. The van der Waals surface area contributed by atoms with Crippen LogP contribution >= 0.6 is 15.9 Å². The van der Waals surface area contributed by atoms with Crippen LogP contribution in [-0.2, 0) is 6.54 Å². The number of aromatic nitrogens is 1. The van der Waals surface area contributed by atoms with Gasteiger partial charge in [-0.3, -0.25) is 0 Å². The van der Waals surface area contributed by atoms with E-state index in [0.29, 0.717) is 12.2 Å². The maximum atomic E-state index is 11.1. The number of carboxylic acids is 1. The molecule has 1 aromatic heterocycles. The average molecular weight is 321 g/mol. The summed E-state index contributed by atoms with van der Waals surface area (Å²) in [5, 5.41) is 9.12. The van der Waals surface area contributed by atoms with Gasteiger partial charge < -0.3 is 10.0 Å². The number of aromatic carboxylic acids is 1. The summed E-state index contributed by atoms with van der Waals surface area (Å²) in [4.78, 5) is 16.9. The minimum Gasteiger partial charge on any atom is -0.476 e. The van der Waals surface area contributed by atoms with Crippen LogP contribution in [0.5, 0.6) is 0 Å². The fourth-order valence-electron chi connectivity index (χ4n) is 1.82. The quantitative estimate of drug-likeness (QED) is 0.940. The largest absolute Gasteiger partial charge is 0.476 e. The molecule has 0 atom stereocenters. The molecular weight excluding hydrogens is 308 g/mol. The van der Waals surface area contributed by atoms with Crippen LogP contribution in [0.15, 0.2) is 47.1 Å². The molecule has 0 aliphatic rings. The maximum absolute atomic E-state index is 11.1. The van der Waals surface area contributed by atoms with Crippen LogP contribution in [-0.4, -0.2) is 23.1 Å². The predicted octanol–water partition coefficient (Wildman–Crippen LogP) is 3.18. The van der Waals surface area contributed by atoms with E-state index in [1.165, 1.54) is 6.20 Å². The fourth-order valence-corrected chi connectivity index (χ4v) is 2.08. The number of carboxylic acid groups (broad SMARTS) is 1. The normalized spacial score (nSPS) is 10.2. The Morgan fingerprint density at radius 2 is 2.00 bits per heavy atom. The lowest BCUT2D eigenvalue weighted by atomic mass is 10.2. The Kier molecular flexibility index (Phi) is 4.16. The SMILES string of the molecule is CN(Cc1ccc(Br)cc1)c1cccnc1C(=O)O. The van der Waals surface area contributed by atoms with Crippen LogP contribution in [0.1, 0.15) is 16.1 Å². The van der Waals surface area contributed by atoms with Gasteiger partial charge in [0.25, 0.3) is 0 Å². The van der Waals surface area contributed by atoms with Gasteiger partial charge in [-0.05, 0) is 29.8 Å². The van der Waals surface area contributed by atoms with Crippen molar-refractivity contribution in [2.75, 3.05) is 11.9 Å². The fraction of sp³-hybridized carbons (Fsp3) is 0.143. The summed E-state index contributed by atoms with van der Waals surface area (Å²) in [6.45, 7) is 0.624. The van der Waals surface area contributed by atoms with Gasteiger partial charge in [0.1, 0.15) is 0 Å². The number of hydrogen-bond donors (Lipinski definition) is 1. The Balaban J connectivity index is 2.22. The maximum Gasteiger partial charge on any atom is 0.356 e. The van der Waals surface area contributed by atoms with E-state index in [1.54, 1.807) is 12.1 Å². The molecule has 0 saturated carbocycles. The van der Waals surface area contributed by atoms with Crippen molar-refractivity contribution in [2.45, 2.75) is 6.54 Å². The van der Waals surface area contributed by atoms with Crippen molar-refractivity contribution in [3.63, 3.8) is 0 Å². The van der Waals surface area contributed by atoms with Gasteiger partial charge in [0.2, 0.25) is 0 Å². The van der Waals surface area contributed by atoms with Crippen LogP contribution in [0.25, 0.3) is 0 Å². The summed E-state index contributed by atoms with van der Waals surface area (Å²) < 4.78 is 1.02. The second kappa shape index (κ2) is 5.84. The van der Waals surface area contributed by atoms with Gasteiger partial charge in [0, 0.05) is 24.3 Å². The van der Waals surface area contributed by atoms with Gasteiger partial charge in [-0.2, -0.15) is 0 Å². The molecule has 0 saturated heterocycles. The molecule has 0 amide bonds. The highest BCUT2D eigenvalue weighted by atomic mass is 79.9. The van der Waals surface area contributed by atoms with Gasteiger partial charge >= 0.3 is 5.97 Å². The molecule has 1 aromatic carbocycles. The molecule has 2 aromatic rings. The number of nitrogens with zero attached hydrogens (tertiary/aromatic N) is 2. The first-order valence-corrected chi connectivity index (χ1v) is 6.51. The van der Waals surface area contributed by atoms with Crippen molar-refractivity contribution in [3.8, 4) is 0 Å². The van der Waals surface area contributed by atoms with Crippen molar-refractivity contribution in [1.82, 2.24) is 4.98 Å². The monoisotopic (exact) mass is 320 g/mol. The van der Waals surface area contributed by atoms with Crippen molar-refractivity contribution in [1.29, 1.82) is 0 Å². The lowest BCUT2D eigenvalue weighted by Crippen LogP contribution is -2.20. The summed E-state index contributed by atoms with van der Waals surface area (Å²) >= 11 is 3.39. The number of hydrogen-bond acceptors (Lipinski definition) is 3. The molecule has 5 heteroatoms. The zero-order valence-corrected chi connectivity index (χ0v) is 12.0. The topological polar surface area (TPSA) is 53.4 Å². The smallest absolute Gasteiger partial charge is 0.356 e. The van der Waals surface area contributed by atoms with Gasteiger partial charge in [-0.15, -0.1) is 0 Å². The summed E-state index contributed by atoms with van der Waals surface area (Å²) in [6.07, 6.45) is 1.49. The molecule has 19 heavy (non-hydrogen) atoms. The van der Waals surface area contributed by atoms with Crippen LogP contribution in [0.4, 0.5) is 5.69 Å². The zero-order valence-electron chi connectivity index (χ0n) is 10.4. The number of halogens is 1. The van der Waals surface area contributed by atoms with Gasteiger partial charge in [0.05, 0.1) is 5.69 Å². The molecule has 0 fully saturated rings. The highest BCUT2D eigenvalue weighted by Crippen LogP contribution is 2.20. The van der Waals surface area contributed by atoms with E-state index in [-0.39, 0.29) is 5.69 Å². The molecule has 0 unspecified atom stereocenters. The Morgan fingerprint density at radius 1 is 1.32 bits per heavy atom. The van der Waals surface area contributed by atoms with Crippen LogP contribution in [0, 0.1) is 0 Å². The molecule has 0 radical (unpaired) electrons. The number of carbonyl (C=O) groups is 1. The van der Waals surface area contributed by atoms with E-state index in [4.69, 9.17) is 5.11 Å². The number of rotatable bonds is 4. The summed E-state index contributed by atoms with van der Waals surface area (Å²) in [7, 11) is 1.85. The minimum atomic E-state index is -1.02. The highest BCUT2D eigenvalue weighted by molar-refractivity contribution is 9.10. The number of benzene rings is 1. The van der Waals surface area contributed by atoms with Crippen LogP contribution in [0.2, 0.25) is 0 Å². The lowest BCUT2D eigenvalue weighted by molar-refractivity contribution is 0.0691. The van der Waals surface area contributed by atoms with E-state index in [0.717, 1.165) is 10.0 Å². The molecule has 98 valence electrons. The van der Waals surface area contributed by atoms with Gasteiger partial charge in [-0.25, -0.2) is 9.78 Å². The molecular formula is C14H13BrN2O2. The first-order chi connectivity index (χ1) is 9.08. The van der Waals surface area contributed by atoms with E-state index >= 15 is 0 Å². The van der Waals surface area contributed by atoms with E-state index in [2.05, 4.69) is 20.9 Å². The third-order valence-electron chi connectivity index (χ3n) is 2.73. The summed E-state index contributed by atoms with van der Waals surface area (Å²) in [6, 6.07) is 11.4. The van der Waals surface area contributed by atoms with E-state index in [1.807, 2.05) is 36.2 Å². The third kappa shape index (κ3) is 3.32. The Bertz CT molecular complexity index is 584. The van der Waals surface area contributed by atoms with Crippen molar-refractivity contribution >= 4 is 27.6 Å². The van der Waals surface area contributed by atoms with Crippen molar-refractivity contribution in [3.05, 3.63) is 58.3 Å². The van der Waals surface area contributed by atoms with Gasteiger partial charge in [0.15, 0.2) is 5.69 Å².